The van der Waals surface area contributed by atoms with E-state index in [-0.39, 0.29) is 5.91 Å². The zero-order chi connectivity index (χ0) is 16.5. The molecule has 0 saturated heterocycles. The molecule has 0 aliphatic heterocycles. The van der Waals surface area contributed by atoms with Crippen LogP contribution < -0.4 is 20.7 Å². The highest BCUT2D eigenvalue weighted by Gasteiger charge is 2.10. The normalized spacial score (nSPS) is 10.2. The monoisotopic (exact) mass is 313 g/mol. The summed E-state index contributed by atoms with van der Waals surface area (Å²) in [6.07, 6.45) is 0. The van der Waals surface area contributed by atoms with Crippen LogP contribution in [0.3, 0.4) is 0 Å². The Bertz CT molecular complexity index is 626. The van der Waals surface area contributed by atoms with Crippen molar-refractivity contribution in [2.24, 2.45) is 0 Å². The van der Waals surface area contributed by atoms with E-state index in [0.717, 1.165) is 30.2 Å². The SMILES string of the molecule is CCNCCNC(=O)c1ccccc1Nc1ccc(OC)cc1. The van der Waals surface area contributed by atoms with Crippen LogP contribution in [0.2, 0.25) is 0 Å². The van der Waals surface area contributed by atoms with Gasteiger partial charge in [-0.15, -0.1) is 0 Å². The van der Waals surface area contributed by atoms with Crippen LogP contribution in [0.4, 0.5) is 11.4 Å². The third-order valence-electron chi connectivity index (χ3n) is 3.38. The molecule has 0 saturated carbocycles. The highest BCUT2D eigenvalue weighted by molar-refractivity contribution is 6.00. The number of hydrogen-bond donors (Lipinski definition) is 3. The molecule has 2 aromatic carbocycles. The van der Waals surface area contributed by atoms with E-state index >= 15 is 0 Å². The number of carbonyl (C=O) groups is 1. The van der Waals surface area contributed by atoms with Crippen LogP contribution >= 0.6 is 0 Å². The molecular formula is C18H23N3O2. The lowest BCUT2D eigenvalue weighted by Crippen LogP contribution is -2.32. The molecule has 0 aliphatic carbocycles. The summed E-state index contributed by atoms with van der Waals surface area (Å²) in [6, 6.07) is 15.1. The molecule has 23 heavy (non-hydrogen) atoms. The van der Waals surface area contributed by atoms with Gasteiger partial charge in [-0.25, -0.2) is 0 Å². The third-order valence-corrected chi connectivity index (χ3v) is 3.38. The minimum atomic E-state index is -0.0838. The smallest absolute Gasteiger partial charge is 0.253 e. The number of benzene rings is 2. The summed E-state index contributed by atoms with van der Waals surface area (Å²) in [6.45, 7) is 4.29. The highest BCUT2D eigenvalue weighted by Crippen LogP contribution is 2.22. The second-order valence-corrected chi connectivity index (χ2v) is 5.01. The minimum Gasteiger partial charge on any atom is -0.497 e. The van der Waals surface area contributed by atoms with Crippen molar-refractivity contribution < 1.29 is 9.53 Å². The van der Waals surface area contributed by atoms with Gasteiger partial charge in [0.2, 0.25) is 0 Å². The molecule has 5 nitrogen and oxygen atoms in total. The van der Waals surface area contributed by atoms with Crippen molar-refractivity contribution in [3.05, 3.63) is 54.1 Å². The molecule has 5 heteroatoms. The number of methoxy groups -OCH3 is 1. The van der Waals surface area contributed by atoms with Crippen molar-refractivity contribution in [2.45, 2.75) is 6.92 Å². The van der Waals surface area contributed by atoms with Gasteiger partial charge in [-0.1, -0.05) is 19.1 Å². The molecule has 1 amide bonds. The number of anilines is 2. The van der Waals surface area contributed by atoms with E-state index in [1.807, 2.05) is 55.5 Å². The van der Waals surface area contributed by atoms with E-state index in [1.54, 1.807) is 7.11 Å². The lowest BCUT2D eigenvalue weighted by atomic mass is 10.1. The van der Waals surface area contributed by atoms with Crippen LogP contribution in [0.5, 0.6) is 5.75 Å². The van der Waals surface area contributed by atoms with Gasteiger partial charge in [-0.3, -0.25) is 4.79 Å². The number of hydrogen-bond acceptors (Lipinski definition) is 4. The molecule has 2 rings (SSSR count). The molecule has 0 atom stereocenters. The zero-order valence-electron chi connectivity index (χ0n) is 13.6. The zero-order valence-corrected chi connectivity index (χ0v) is 13.6. The summed E-state index contributed by atoms with van der Waals surface area (Å²) >= 11 is 0. The molecule has 0 unspecified atom stereocenters. The third kappa shape index (κ3) is 5.00. The van der Waals surface area contributed by atoms with Gasteiger partial charge in [0.05, 0.1) is 18.4 Å². The summed E-state index contributed by atoms with van der Waals surface area (Å²) in [7, 11) is 1.63. The van der Waals surface area contributed by atoms with Gasteiger partial charge >= 0.3 is 0 Å². The van der Waals surface area contributed by atoms with Crippen LogP contribution in [0.1, 0.15) is 17.3 Å². The van der Waals surface area contributed by atoms with E-state index in [1.165, 1.54) is 0 Å². The lowest BCUT2D eigenvalue weighted by molar-refractivity contribution is 0.0955. The Morgan fingerprint density at radius 3 is 2.48 bits per heavy atom. The van der Waals surface area contributed by atoms with E-state index in [4.69, 9.17) is 4.74 Å². The topological polar surface area (TPSA) is 62.4 Å². The van der Waals surface area contributed by atoms with Crippen LogP contribution in [0, 0.1) is 0 Å². The summed E-state index contributed by atoms with van der Waals surface area (Å²) in [4.78, 5) is 12.3. The number of para-hydroxylation sites is 1. The Morgan fingerprint density at radius 1 is 1.04 bits per heavy atom. The molecule has 0 fully saturated rings. The van der Waals surface area contributed by atoms with Crippen molar-refractivity contribution in [1.29, 1.82) is 0 Å². The molecule has 2 aromatic rings. The predicted molar refractivity (Wildman–Crippen MR) is 93.6 cm³/mol. The van der Waals surface area contributed by atoms with Gasteiger partial charge in [0.1, 0.15) is 5.75 Å². The Morgan fingerprint density at radius 2 is 1.78 bits per heavy atom. The number of carbonyl (C=O) groups excluding carboxylic acids is 1. The molecule has 3 N–H and O–H groups in total. The minimum absolute atomic E-state index is 0.0838. The van der Waals surface area contributed by atoms with Crippen LogP contribution in [0.25, 0.3) is 0 Å². The first kappa shape index (κ1) is 16.8. The predicted octanol–water partition coefficient (Wildman–Crippen LogP) is 2.78. The first-order valence-corrected chi connectivity index (χ1v) is 7.73. The number of likely N-dealkylation sites (N-methyl/N-ethyl adjacent to an activating group) is 1. The fourth-order valence-electron chi connectivity index (χ4n) is 2.16. The first-order valence-electron chi connectivity index (χ1n) is 7.73. The molecule has 0 heterocycles. The molecule has 0 aromatic heterocycles. The average molecular weight is 313 g/mol. The number of amides is 1. The lowest BCUT2D eigenvalue weighted by Gasteiger charge is -2.13. The Labute approximate surface area is 137 Å². The second kappa shape index (κ2) is 8.80. The van der Waals surface area contributed by atoms with Crippen molar-refractivity contribution >= 4 is 17.3 Å². The van der Waals surface area contributed by atoms with Crippen LogP contribution in [-0.4, -0.2) is 32.7 Å². The van der Waals surface area contributed by atoms with Gasteiger partial charge in [0.25, 0.3) is 5.91 Å². The highest BCUT2D eigenvalue weighted by atomic mass is 16.5. The summed E-state index contributed by atoms with van der Waals surface area (Å²) in [5.41, 5.74) is 2.30. The quantitative estimate of drug-likeness (QED) is 0.656. The van der Waals surface area contributed by atoms with Gasteiger partial charge in [0, 0.05) is 18.8 Å². The Hall–Kier alpha value is -2.53. The van der Waals surface area contributed by atoms with Crippen molar-refractivity contribution in [3.63, 3.8) is 0 Å². The molecule has 0 spiro atoms. The van der Waals surface area contributed by atoms with E-state index in [2.05, 4.69) is 16.0 Å². The van der Waals surface area contributed by atoms with E-state index in [0.29, 0.717) is 12.1 Å². The maximum atomic E-state index is 12.3. The first-order chi connectivity index (χ1) is 11.2. The van der Waals surface area contributed by atoms with Gasteiger partial charge in [-0.05, 0) is 42.9 Å². The summed E-state index contributed by atoms with van der Waals surface area (Å²) in [5.74, 6) is 0.713. The standard InChI is InChI=1S/C18H23N3O2/c1-3-19-12-13-20-18(22)16-6-4-5-7-17(16)21-14-8-10-15(23-2)11-9-14/h4-11,19,21H,3,12-13H2,1-2H3,(H,20,22). The molecule has 122 valence electrons. The average Bonchev–Trinajstić information content (AvgIpc) is 2.60. The molecule has 0 radical (unpaired) electrons. The van der Waals surface area contributed by atoms with Crippen LogP contribution in [0.15, 0.2) is 48.5 Å². The van der Waals surface area contributed by atoms with Crippen molar-refractivity contribution in [1.82, 2.24) is 10.6 Å². The van der Waals surface area contributed by atoms with Gasteiger partial charge < -0.3 is 20.7 Å². The van der Waals surface area contributed by atoms with Gasteiger partial charge in [-0.2, -0.15) is 0 Å². The second-order valence-electron chi connectivity index (χ2n) is 5.01. The van der Waals surface area contributed by atoms with Crippen LogP contribution in [-0.2, 0) is 0 Å². The maximum Gasteiger partial charge on any atom is 0.253 e. The summed E-state index contributed by atoms with van der Waals surface area (Å²) < 4.78 is 5.15. The number of rotatable bonds is 8. The largest absolute Gasteiger partial charge is 0.497 e. The maximum absolute atomic E-state index is 12.3. The van der Waals surface area contributed by atoms with E-state index < -0.39 is 0 Å². The Kier molecular flexibility index (Phi) is 6.44. The number of ether oxygens (including phenoxy) is 1. The molecular weight excluding hydrogens is 290 g/mol. The summed E-state index contributed by atoms with van der Waals surface area (Å²) in [5, 5.41) is 9.37. The number of nitrogens with one attached hydrogen (secondary N) is 3. The van der Waals surface area contributed by atoms with E-state index in [9.17, 15) is 4.79 Å². The Balaban J connectivity index is 2.05. The fraction of sp³-hybridized carbons (Fsp3) is 0.278. The van der Waals surface area contributed by atoms with Gasteiger partial charge in [0.15, 0.2) is 0 Å². The fourth-order valence-corrected chi connectivity index (χ4v) is 2.16. The molecule has 0 bridgehead atoms. The van der Waals surface area contributed by atoms with Crippen molar-refractivity contribution in [3.8, 4) is 5.75 Å². The van der Waals surface area contributed by atoms with Crippen molar-refractivity contribution in [2.75, 3.05) is 32.1 Å². The molecule has 0 aliphatic rings.